The summed E-state index contributed by atoms with van der Waals surface area (Å²) in [7, 11) is 0. The molecule has 132 valence electrons. The molecule has 2 aromatic heterocycles. The lowest BCUT2D eigenvalue weighted by molar-refractivity contribution is 0.102. The molecule has 1 aromatic carbocycles. The van der Waals surface area contributed by atoms with Crippen molar-refractivity contribution in [3.05, 3.63) is 77.1 Å². The molecule has 6 heteroatoms. The molecule has 1 N–H and O–H groups in total. The van der Waals surface area contributed by atoms with Crippen molar-refractivity contribution in [1.82, 2.24) is 14.9 Å². The van der Waals surface area contributed by atoms with Gasteiger partial charge in [-0.25, -0.2) is 4.98 Å². The number of carbonyl (C=O) groups excluding carboxylic acids is 1. The molecule has 26 heavy (non-hydrogen) atoms. The predicted molar refractivity (Wildman–Crippen MR) is 103 cm³/mol. The smallest absolute Gasteiger partial charge is 0.257 e. The molecule has 4 rings (SSSR count). The van der Waals surface area contributed by atoms with Crippen molar-refractivity contribution in [3.63, 3.8) is 0 Å². The first-order valence-corrected chi connectivity index (χ1v) is 9.62. The van der Waals surface area contributed by atoms with E-state index >= 15 is 0 Å². The highest BCUT2D eigenvalue weighted by molar-refractivity contribution is 7.13. The van der Waals surface area contributed by atoms with Crippen LogP contribution < -0.4 is 5.32 Å². The van der Waals surface area contributed by atoms with Gasteiger partial charge < -0.3 is 0 Å². The largest absolute Gasteiger partial charge is 0.298 e. The van der Waals surface area contributed by atoms with E-state index in [9.17, 15) is 4.79 Å². The van der Waals surface area contributed by atoms with Crippen molar-refractivity contribution in [1.29, 1.82) is 0 Å². The lowest BCUT2D eigenvalue weighted by Crippen LogP contribution is -2.23. The Hall–Kier alpha value is -2.57. The Morgan fingerprint density at radius 1 is 1.19 bits per heavy atom. The number of pyridine rings is 1. The van der Waals surface area contributed by atoms with Crippen molar-refractivity contribution in [2.75, 3.05) is 11.9 Å². The van der Waals surface area contributed by atoms with Crippen LogP contribution >= 0.6 is 11.3 Å². The van der Waals surface area contributed by atoms with E-state index in [0.29, 0.717) is 16.7 Å². The van der Waals surface area contributed by atoms with Crippen molar-refractivity contribution in [2.45, 2.75) is 25.4 Å². The Kier molecular flexibility index (Phi) is 5.04. The number of benzene rings is 1. The first kappa shape index (κ1) is 16.9. The molecule has 1 saturated heterocycles. The van der Waals surface area contributed by atoms with Gasteiger partial charge in [-0.3, -0.25) is 20.0 Å². The molecule has 0 radical (unpaired) electrons. The topological polar surface area (TPSA) is 58.1 Å². The summed E-state index contributed by atoms with van der Waals surface area (Å²) in [5.41, 5.74) is 2.92. The molecule has 0 bridgehead atoms. The van der Waals surface area contributed by atoms with Crippen LogP contribution in [0.15, 0.2) is 60.2 Å². The van der Waals surface area contributed by atoms with Crippen LogP contribution in [0.2, 0.25) is 0 Å². The molecule has 5 nitrogen and oxygen atoms in total. The van der Waals surface area contributed by atoms with Crippen LogP contribution in [0.1, 0.15) is 40.5 Å². The highest BCUT2D eigenvalue weighted by Gasteiger charge is 2.26. The van der Waals surface area contributed by atoms with Crippen LogP contribution in [-0.4, -0.2) is 27.3 Å². The number of carbonyl (C=O) groups is 1. The van der Waals surface area contributed by atoms with Crippen LogP contribution in [0.3, 0.4) is 0 Å². The van der Waals surface area contributed by atoms with Gasteiger partial charge in [0.15, 0.2) is 5.13 Å². The fraction of sp³-hybridized carbons (Fsp3) is 0.250. The SMILES string of the molecule is O=C(Nc1nccs1)c1cccc(CN2CCCC2c2ccccn2)c1. The van der Waals surface area contributed by atoms with Crippen molar-refractivity contribution < 1.29 is 4.79 Å². The Morgan fingerprint density at radius 3 is 2.96 bits per heavy atom. The molecule has 3 heterocycles. The van der Waals surface area contributed by atoms with Gasteiger partial charge in [-0.15, -0.1) is 11.3 Å². The molecule has 1 aliphatic rings. The fourth-order valence-electron chi connectivity index (χ4n) is 3.42. The van der Waals surface area contributed by atoms with E-state index < -0.39 is 0 Å². The number of anilines is 1. The number of likely N-dealkylation sites (tertiary alicyclic amines) is 1. The summed E-state index contributed by atoms with van der Waals surface area (Å²) in [4.78, 5) is 23.5. The molecule has 1 aliphatic heterocycles. The third kappa shape index (κ3) is 3.81. The monoisotopic (exact) mass is 364 g/mol. The van der Waals surface area contributed by atoms with Crippen LogP contribution in [-0.2, 0) is 6.54 Å². The van der Waals surface area contributed by atoms with Crippen LogP contribution in [0.5, 0.6) is 0 Å². The second-order valence-electron chi connectivity index (χ2n) is 6.37. The van der Waals surface area contributed by atoms with Gasteiger partial charge in [0.05, 0.1) is 11.7 Å². The first-order chi connectivity index (χ1) is 12.8. The molecule has 0 saturated carbocycles. The first-order valence-electron chi connectivity index (χ1n) is 8.74. The van der Waals surface area contributed by atoms with E-state index in [1.54, 1.807) is 6.20 Å². The molecule has 1 amide bonds. The number of rotatable bonds is 5. The Labute approximate surface area is 156 Å². The van der Waals surface area contributed by atoms with E-state index in [1.807, 2.05) is 41.9 Å². The van der Waals surface area contributed by atoms with Crippen LogP contribution in [0.25, 0.3) is 0 Å². The van der Waals surface area contributed by atoms with E-state index in [1.165, 1.54) is 17.8 Å². The third-order valence-corrected chi connectivity index (χ3v) is 5.31. The number of hydrogen-bond acceptors (Lipinski definition) is 5. The number of aromatic nitrogens is 2. The van der Waals surface area contributed by atoms with Crippen molar-refractivity contribution >= 4 is 22.4 Å². The zero-order chi connectivity index (χ0) is 17.8. The number of amides is 1. The molecular weight excluding hydrogens is 344 g/mol. The minimum Gasteiger partial charge on any atom is -0.298 e. The average molecular weight is 364 g/mol. The van der Waals surface area contributed by atoms with Crippen molar-refractivity contribution in [2.24, 2.45) is 0 Å². The summed E-state index contributed by atoms with van der Waals surface area (Å²) < 4.78 is 0. The summed E-state index contributed by atoms with van der Waals surface area (Å²) in [6.45, 7) is 1.87. The summed E-state index contributed by atoms with van der Waals surface area (Å²) in [6, 6.07) is 14.3. The lowest BCUT2D eigenvalue weighted by atomic mass is 10.1. The molecule has 3 aromatic rings. The second-order valence-corrected chi connectivity index (χ2v) is 7.27. The molecule has 0 spiro atoms. The molecular formula is C20H20N4OS. The van der Waals surface area contributed by atoms with E-state index in [2.05, 4.69) is 32.3 Å². The highest BCUT2D eigenvalue weighted by Crippen LogP contribution is 2.32. The Balaban J connectivity index is 1.47. The maximum absolute atomic E-state index is 12.4. The van der Waals surface area contributed by atoms with Gasteiger partial charge >= 0.3 is 0 Å². The number of nitrogens with one attached hydrogen (secondary N) is 1. The zero-order valence-electron chi connectivity index (χ0n) is 14.3. The van der Waals surface area contributed by atoms with E-state index in [-0.39, 0.29) is 5.91 Å². The average Bonchev–Trinajstić information content (AvgIpc) is 3.35. The zero-order valence-corrected chi connectivity index (χ0v) is 15.2. The van der Waals surface area contributed by atoms with E-state index in [0.717, 1.165) is 30.8 Å². The van der Waals surface area contributed by atoms with Gasteiger partial charge in [0, 0.05) is 29.9 Å². The van der Waals surface area contributed by atoms with Gasteiger partial charge in [-0.1, -0.05) is 18.2 Å². The van der Waals surface area contributed by atoms with Gasteiger partial charge in [0.1, 0.15) is 0 Å². The summed E-state index contributed by atoms with van der Waals surface area (Å²) >= 11 is 1.42. The maximum atomic E-state index is 12.4. The van der Waals surface area contributed by atoms with Gasteiger partial charge in [0.2, 0.25) is 0 Å². The third-order valence-electron chi connectivity index (χ3n) is 4.62. The highest BCUT2D eigenvalue weighted by atomic mass is 32.1. The lowest BCUT2D eigenvalue weighted by Gasteiger charge is -2.24. The quantitative estimate of drug-likeness (QED) is 0.740. The second kappa shape index (κ2) is 7.76. The number of hydrogen-bond donors (Lipinski definition) is 1. The normalized spacial score (nSPS) is 17.3. The molecule has 1 atom stereocenters. The van der Waals surface area contributed by atoms with Gasteiger partial charge in [-0.2, -0.15) is 0 Å². The Bertz CT molecular complexity index is 867. The molecule has 0 aliphatic carbocycles. The number of nitrogens with zero attached hydrogens (tertiary/aromatic N) is 3. The Morgan fingerprint density at radius 2 is 2.15 bits per heavy atom. The molecule has 1 fully saturated rings. The van der Waals surface area contributed by atoms with Gasteiger partial charge in [0.25, 0.3) is 5.91 Å². The van der Waals surface area contributed by atoms with Crippen LogP contribution in [0, 0.1) is 0 Å². The fourth-order valence-corrected chi connectivity index (χ4v) is 3.95. The standard InChI is InChI=1S/C20H20N4OS/c25-19(23-20-22-10-12-26-20)16-6-3-5-15(13-16)14-24-11-4-8-18(24)17-7-1-2-9-21-17/h1-3,5-7,9-10,12-13,18H,4,8,11,14H2,(H,22,23,25). The van der Waals surface area contributed by atoms with Gasteiger partial charge in [-0.05, 0) is 49.2 Å². The summed E-state index contributed by atoms with van der Waals surface area (Å²) in [5.74, 6) is -0.121. The summed E-state index contributed by atoms with van der Waals surface area (Å²) in [5, 5.41) is 5.30. The maximum Gasteiger partial charge on any atom is 0.257 e. The van der Waals surface area contributed by atoms with Crippen LogP contribution in [0.4, 0.5) is 5.13 Å². The number of thiazole rings is 1. The summed E-state index contributed by atoms with van der Waals surface area (Å²) in [6.07, 6.45) is 5.84. The minimum absolute atomic E-state index is 0.121. The minimum atomic E-state index is -0.121. The van der Waals surface area contributed by atoms with E-state index in [4.69, 9.17) is 0 Å². The molecule has 1 unspecified atom stereocenters. The van der Waals surface area contributed by atoms with Crippen molar-refractivity contribution in [3.8, 4) is 0 Å². The predicted octanol–water partition coefficient (Wildman–Crippen LogP) is 4.13.